The molecule has 2 N–H and O–H groups in total. The molecular formula is C21H26N4O2. The number of amides is 2. The molecule has 0 atom stereocenters. The van der Waals surface area contributed by atoms with E-state index in [4.69, 9.17) is 11.0 Å². The van der Waals surface area contributed by atoms with Crippen LogP contribution in [0.1, 0.15) is 64.8 Å². The number of primary amides is 1. The van der Waals surface area contributed by atoms with Gasteiger partial charge in [0.25, 0.3) is 5.91 Å². The van der Waals surface area contributed by atoms with Crippen molar-refractivity contribution >= 4 is 11.8 Å². The van der Waals surface area contributed by atoms with Gasteiger partial charge >= 0.3 is 0 Å². The smallest absolute Gasteiger partial charge is 0.255 e. The lowest BCUT2D eigenvalue weighted by Gasteiger charge is -2.42. The molecule has 2 heterocycles. The molecule has 0 radical (unpaired) electrons. The van der Waals surface area contributed by atoms with Gasteiger partial charge in [-0.15, -0.1) is 0 Å². The lowest BCUT2D eigenvalue weighted by atomic mass is 9.85. The van der Waals surface area contributed by atoms with Gasteiger partial charge in [-0.1, -0.05) is 12.1 Å². The van der Waals surface area contributed by atoms with E-state index in [2.05, 4.69) is 11.0 Å². The van der Waals surface area contributed by atoms with Gasteiger partial charge in [0.2, 0.25) is 5.91 Å². The van der Waals surface area contributed by atoms with E-state index in [1.54, 1.807) is 12.1 Å². The van der Waals surface area contributed by atoms with Crippen molar-refractivity contribution in [3.8, 4) is 6.07 Å². The summed E-state index contributed by atoms with van der Waals surface area (Å²) < 4.78 is 0. The second-order valence-electron chi connectivity index (χ2n) is 8.04. The van der Waals surface area contributed by atoms with Crippen LogP contribution in [0.25, 0.3) is 0 Å². The molecule has 1 saturated carbocycles. The summed E-state index contributed by atoms with van der Waals surface area (Å²) in [4.78, 5) is 29.1. The van der Waals surface area contributed by atoms with Crippen LogP contribution >= 0.6 is 0 Å². The Balaban J connectivity index is 1.38. The van der Waals surface area contributed by atoms with Crippen molar-refractivity contribution in [3.63, 3.8) is 0 Å². The molecule has 27 heavy (non-hydrogen) atoms. The van der Waals surface area contributed by atoms with Gasteiger partial charge in [-0.25, -0.2) is 0 Å². The molecule has 2 amide bonds. The van der Waals surface area contributed by atoms with Crippen molar-refractivity contribution < 1.29 is 9.59 Å². The van der Waals surface area contributed by atoms with Crippen LogP contribution in [0, 0.1) is 17.2 Å². The normalized spacial score (nSPS) is 26.6. The zero-order valence-corrected chi connectivity index (χ0v) is 15.6. The van der Waals surface area contributed by atoms with Crippen molar-refractivity contribution in [2.75, 3.05) is 13.1 Å². The van der Waals surface area contributed by atoms with Gasteiger partial charge in [-0.3, -0.25) is 9.59 Å². The Morgan fingerprint density at radius 3 is 2.41 bits per heavy atom. The van der Waals surface area contributed by atoms with Crippen LogP contribution in [0.2, 0.25) is 0 Å². The summed E-state index contributed by atoms with van der Waals surface area (Å²) in [6.45, 7) is 2.57. The molecule has 0 aromatic heterocycles. The first-order valence-corrected chi connectivity index (χ1v) is 9.94. The van der Waals surface area contributed by atoms with Crippen molar-refractivity contribution in [2.45, 2.75) is 57.2 Å². The Kier molecular flexibility index (Phi) is 4.88. The number of nitrogens with zero attached hydrogens (tertiary/aromatic N) is 3. The maximum atomic E-state index is 12.9. The van der Waals surface area contributed by atoms with Crippen molar-refractivity contribution in [2.24, 2.45) is 11.7 Å². The molecule has 2 fully saturated rings. The summed E-state index contributed by atoms with van der Waals surface area (Å²) in [5.74, 6) is -0.351. The van der Waals surface area contributed by atoms with E-state index in [1.165, 1.54) is 0 Å². The highest BCUT2D eigenvalue weighted by atomic mass is 16.2. The molecule has 0 unspecified atom stereocenters. The van der Waals surface area contributed by atoms with E-state index in [0.717, 1.165) is 57.2 Å². The molecule has 142 valence electrons. The molecule has 0 bridgehead atoms. The third kappa shape index (κ3) is 3.32. The monoisotopic (exact) mass is 366 g/mol. The van der Waals surface area contributed by atoms with Crippen molar-refractivity contribution in [3.05, 3.63) is 34.9 Å². The Morgan fingerprint density at radius 2 is 1.78 bits per heavy atom. The lowest BCUT2D eigenvalue weighted by Crippen LogP contribution is -2.49. The molecular weight excluding hydrogens is 340 g/mol. The molecule has 6 heteroatoms. The predicted molar refractivity (Wildman–Crippen MR) is 101 cm³/mol. The van der Waals surface area contributed by atoms with Gasteiger partial charge in [0.05, 0.1) is 17.2 Å². The molecule has 1 aliphatic carbocycles. The minimum Gasteiger partial charge on any atom is -0.366 e. The minimum absolute atomic E-state index is 0.0487. The number of benzene rings is 1. The van der Waals surface area contributed by atoms with E-state index in [0.29, 0.717) is 23.7 Å². The Morgan fingerprint density at radius 1 is 1.07 bits per heavy atom. The van der Waals surface area contributed by atoms with E-state index in [9.17, 15) is 9.59 Å². The maximum Gasteiger partial charge on any atom is 0.255 e. The van der Waals surface area contributed by atoms with E-state index >= 15 is 0 Å². The van der Waals surface area contributed by atoms with Gasteiger partial charge in [0.15, 0.2) is 0 Å². The van der Waals surface area contributed by atoms with E-state index in [1.807, 2.05) is 11.0 Å². The van der Waals surface area contributed by atoms with Gasteiger partial charge in [-0.2, -0.15) is 5.26 Å². The van der Waals surface area contributed by atoms with Crippen LogP contribution in [0.3, 0.4) is 0 Å². The number of nitriles is 1. The SMILES string of the molecule is N#C[C@H]1CC[C@@H](N2CCC(N3Cc4cccc(C(N)=O)c4C3=O)CC2)CC1. The van der Waals surface area contributed by atoms with E-state index < -0.39 is 5.91 Å². The Hall–Kier alpha value is -2.39. The van der Waals surface area contributed by atoms with Crippen LogP contribution in [0.5, 0.6) is 0 Å². The first-order valence-electron chi connectivity index (χ1n) is 9.94. The van der Waals surface area contributed by atoms with Gasteiger partial charge < -0.3 is 15.5 Å². The third-order valence-electron chi connectivity index (χ3n) is 6.57. The number of hydrogen-bond donors (Lipinski definition) is 1. The highest BCUT2D eigenvalue weighted by molar-refractivity contribution is 6.09. The highest BCUT2D eigenvalue weighted by Gasteiger charge is 2.37. The highest BCUT2D eigenvalue weighted by Crippen LogP contribution is 2.33. The van der Waals surface area contributed by atoms with Crippen LogP contribution in [-0.4, -0.2) is 46.8 Å². The Labute approximate surface area is 159 Å². The summed E-state index contributed by atoms with van der Waals surface area (Å²) in [7, 11) is 0. The lowest BCUT2D eigenvalue weighted by molar-refractivity contribution is 0.0494. The molecule has 0 spiro atoms. The number of carbonyl (C=O) groups is 2. The number of piperidine rings is 1. The first-order chi connectivity index (χ1) is 13.1. The zero-order chi connectivity index (χ0) is 19.0. The largest absolute Gasteiger partial charge is 0.366 e. The molecule has 6 nitrogen and oxygen atoms in total. The second-order valence-corrected chi connectivity index (χ2v) is 8.04. The number of rotatable bonds is 3. The topological polar surface area (TPSA) is 90.4 Å². The third-order valence-corrected chi connectivity index (χ3v) is 6.57. The number of carbonyl (C=O) groups excluding carboxylic acids is 2. The molecule has 1 saturated heterocycles. The molecule has 4 rings (SSSR count). The van der Waals surface area contributed by atoms with Crippen LogP contribution in [0.15, 0.2) is 18.2 Å². The molecule has 1 aromatic rings. The summed E-state index contributed by atoms with van der Waals surface area (Å²) in [5, 5.41) is 9.07. The first kappa shape index (κ1) is 18.0. The molecule has 2 aliphatic heterocycles. The molecule has 3 aliphatic rings. The number of likely N-dealkylation sites (tertiary alicyclic amines) is 1. The van der Waals surface area contributed by atoms with Gasteiger partial charge in [0, 0.05) is 37.6 Å². The number of hydrogen-bond acceptors (Lipinski definition) is 4. The fourth-order valence-electron chi connectivity index (χ4n) is 5.02. The van der Waals surface area contributed by atoms with E-state index in [-0.39, 0.29) is 17.9 Å². The summed E-state index contributed by atoms with van der Waals surface area (Å²) in [5.41, 5.74) is 7.21. The fraction of sp³-hybridized carbons (Fsp3) is 0.571. The molecule has 1 aromatic carbocycles. The van der Waals surface area contributed by atoms with Crippen LogP contribution < -0.4 is 5.73 Å². The van der Waals surface area contributed by atoms with Gasteiger partial charge in [-0.05, 0) is 50.2 Å². The summed E-state index contributed by atoms with van der Waals surface area (Å²) in [6, 6.07) is 8.57. The van der Waals surface area contributed by atoms with Crippen molar-refractivity contribution in [1.29, 1.82) is 5.26 Å². The zero-order valence-electron chi connectivity index (χ0n) is 15.6. The van der Waals surface area contributed by atoms with Crippen LogP contribution in [0.4, 0.5) is 0 Å². The quantitative estimate of drug-likeness (QED) is 0.888. The Bertz CT molecular complexity index is 784. The minimum atomic E-state index is -0.537. The maximum absolute atomic E-state index is 12.9. The standard InChI is InChI=1S/C21H26N4O2/c22-12-14-4-6-16(7-5-14)24-10-8-17(9-11-24)25-13-15-2-1-3-18(20(23)26)19(15)21(25)27/h1-3,14,16-17H,4-11,13H2,(H2,23,26)/t14-,16+. The summed E-state index contributed by atoms with van der Waals surface area (Å²) >= 11 is 0. The number of nitrogens with two attached hydrogens (primary N) is 1. The average molecular weight is 366 g/mol. The predicted octanol–water partition coefficient (Wildman–Crippen LogP) is 2.29. The van der Waals surface area contributed by atoms with Gasteiger partial charge in [0.1, 0.15) is 0 Å². The fourth-order valence-corrected chi connectivity index (χ4v) is 5.02. The number of fused-ring (bicyclic) bond motifs is 1. The average Bonchev–Trinajstić information content (AvgIpc) is 3.05. The van der Waals surface area contributed by atoms with Crippen LogP contribution in [-0.2, 0) is 6.54 Å². The van der Waals surface area contributed by atoms with Crippen molar-refractivity contribution in [1.82, 2.24) is 9.80 Å². The second kappa shape index (κ2) is 7.32. The summed E-state index contributed by atoms with van der Waals surface area (Å²) in [6.07, 6.45) is 6.17.